The van der Waals surface area contributed by atoms with Gasteiger partial charge in [-0.2, -0.15) is 0 Å². The second-order valence-corrected chi connectivity index (χ2v) is 9.49. The zero-order chi connectivity index (χ0) is 16.4. The molecule has 0 atom stereocenters. The second-order valence-electron chi connectivity index (χ2n) is 4.13. The molecule has 0 heterocycles. The number of hydrogen-bond acceptors (Lipinski definition) is 5. The number of benzene rings is 1. The lowest BCUT2D eigenvalue weighted by Crippen LogP contribution is -2.19. The first kappa shape index (κ1) is 18.2. The lowest BCUT2D eigenvalue weighted by Gasteiger charge is -2.09. The number of hydrogen-bond donors (Lipinski definition) is 1. The van der Waals surface area contributed by atoms with E-state index in [0.29, 0.717) is 0 Å². The number of rotatable bonds is 6. The first-order valence-corrected chi connectivity index (χ1v) is 9.88. The van der Waals surface area contributed by atoms with E-state index in [9.17, 15) is 21.6 Å². The standard InChI is InChI=1S/C11H12Cl2O6S2/c1-2-20(16,17)3-4-21(18,19)9-6-7(12)5-8(10(9)13)11(14)15/h5-6H,2-4H2,1H3,(H,14,15). The monoisotopic (exact) mass is 374 g/mol. The summed E-state index contributed by atoms with van der Waals surface area (Å²) in [5.74, 6) is -2.88. The van der Waals surface area contributed by atoms with E-state index in [2.05, 4.69) is 0 Å². The van der Waals surface area contributed by atoms with Crippen molar-refractivity contribution >= 4 is 48.8 Å². The van der Waals surface area contributed by atoms with E-state index >= 15 is 0 Å². The highest BCUT2D eigenvalue weighted by molar-refractivity contribution is 7.95. The molecule has 0 unspecified atom stereocenters. The molecule has 0 bridgehead atoms. The molecule has 0 aliphatic heterocycles. The minimum absolute atomic E-state index is 0.117. The Kier molecular flexibility index (Phi) is 5.65. The van der Waals surface area contributed by atoms with E-state index in [-0.39, 0.29) is 10.8 Å². The van der Waals surface area contributed by atoms with Crippen LogP contribution in [0.4, 0.5) is 0 Å². The second kappa shape index (κ2) is 6.51. The molecule has 0 aliphatic rings. The molecule has 0 saturated heterocycles. The van der Waals surface area contributed by atoms with Crippen molar-refractivity contribution in [2.24, 2.45) is 0 Å². The van der Waals surface area contributed by atoms with Crippen LogP contribution < -0.4 is 0 Å². The van der Waals surface area contributed by atoms with Gasteiger partial charge < -0.3 is 5.11 Å². The summed E-state index contributed by atoms with van der Waals surface area (Å²) >= 11 is 11.5. The van der Waals surface area contributed by atoms with Gasteiger partial charge in [0, 0.05) is 10.8 Å². The Morgan fingerprint density at radius 2 is 1.71 bits per heavy atom. The van der Waals surface area contributed by atoms with Crippen LogP contribution in [0.25, 0.3) is 0 Å². The maximum absolute atomic E-state index is 12.1. The number of halogens is 2. The summed E-state index contributed by atoms with van der Waals surface area (Å²) < 4.78 is 47.1. The smallest absolute Gasteiger partial charge is 0.337 e. The number of carboxylic acid groups (broad SMARTS) is 1. The molecular formula is C11H12Cl2O6S2. The summed E-state index contributed by atoms with van der Waals surface area (Å²) in [7, 11) is -7.55. The molecule has 0 saturated carbocycles. The third-order valence-electron chi connectivity index (χ3n) is 2.67. The number of sulfone groups is 2. The Balaban J connectivity index is 3.30. The van der Waals surface area contributed by atoms with Gasteiger partial charge in [0.25, 0.3) is 0 Å². The lowest BCUT2D eigenvalue weighted by atomic mass is 10.2. The first-order valence-electron chi connectivity index (χ1n) is 5.65. The molecule has 1 N–H and O–H groups in total. The Hall–Kier alpha value is -0.830. The molecule has 0 fully saturated rings. The zero-order valence-corrected chi connectivity index (χ0v) is 14.0. The highest BCUT2D eigenvalue weighted by Crippen LogP contribution is 2.30. The molecule has 1 rings (SSSR count). The van der Waals surface area contributed by atoms with Crippen LogP contribution in [-0.2, 0) is 19.7 Å². The summed E-state index contributed by atoms with van der Waals surface area (Å²) in [5.41, 5.74) is -0.457. The van der Waals surface area contributed by atoms with Gasteiger partial charge in [0.2, 0.25) is 0 Å². The van der Waals surface area contributed by atoms with Gasteiger partial charge in [0.15, 0.2) is 19.7 Å². The van der Waals surface area contributed by atoms with Gasteiger partial charge >= 0.3 is 5.97 Å². The Morgan fingerprint density at radius 3 is 2.19 bits per heavy atom. The van der Waals surface area contributed by atoms with Crippen molar-refractivity contribution in [2.75, 3.05) is 17.3 Å². The Labute approximate surface area is 132 Å². The molecule has 0 amide bonds. The highest BCUT2D eigenvalue weighted by Gasteiger charge is 2.25. The van der Waals surface area contributed by atoms with Crippen LogP contribution in [0.15, 0.2) is 17.0 Å². The van der Waals surface area contributed by atoms with Crippen molar-refractivity contribution < 1.29 is 26.7 Å². The van der Waals surface area contributed by atoms with Crippen LogP contribution in [0.5, 0.6) is 0 Å². The average molecular weight is 375 g/mol. The van der Waals surface area contributed by atoms with Crippen LogP contribution in [0, 0.1) is 0 Å². The van der Waals surface area contributed by atoms with Crippen molar-refractivity contribution in [1.82, 2.24) is 0 Å². The zero-order valence-electron chi connectivity index (χ0n) is 10.8. The maximum atomic E-state index is 12.1. The van der Waals surface area contributed by atoms with Crippen molar-refractivity contribution in [3.63, 3.8) is 0 Å². The predicted octanol–water partition coefficient (Wildman–Crippen LogP) is 1.90. The summed E-state index contributed by atoms with van der Waals surface area (Å²) in [6.45, 7) is 1.40. The largest absolute Gasteiger partial charge is 0.478 e. The van der Waals surface area contributed by atoms with E-state index < -0.39 is 52.6 Å². The van der Waals surface area contributed by atoms with Crippen LogP contribution in [0.3, 0.4) is 0 Å². The third-order valence-corrected chi connectivity index (χ3v) is 7.11. The summed E-state index contributed by atoms with van der Waals surface area (Å²) in [5, 5.41) is 8.34. The van der Waals surface area contributed by atoms with Crippen molar-refractivity contribution in [3.8, 4) is 0 Å². The van der Waals surface area contributed by atoms with Crippen LogP contribution in [0.1, 0.15) is 17.3 Å². The van der Waals surface area contributed by atoms with E-state index in [4.69, 9.17) is 28.3 Å². The lowest BCUT2D eigenvalue weighted by molar-refractivity contribution is 0.0697. The summed E-state index contributed by atoms with van der Waals surface area (Å²) in [6.07, 6.45) is 0. The maximum Gasteiger partial charge on any atom is 0.337 e. The van der Waals surface area contributed by atoms with Gasteiger partial charge in [-0.3, -0.25) is 0 Å². The quantitative estimate of drug-likeness (QED) is 0.814. The van der Waals surface area contributed by atoms with Gasteiger partial charge in [-0.1, -0.05) is 30.1 Å². The predicted molar refractivity (Wildman–Crippen MR) is 79.8 cm³/mol. The van der Waals surface area contributed by atoms with E-state index in [1.807, 2.05) is 0 Å². The molecule has 118 valence electrons. The fraction of sp³-hybridized carbons (Fsp3) is 0.364. The first-order chi connectivity index (χ1) is 9.50. The Bertz CT molecular complexity index is 768. The molecule has 0 radical (unpaired) electrons. The van der Waals surface area contributed by atoms with Gasteiger partial charge in [-0.05, 0) is 12.1 Å². The van der Waals surface area contributed by atoms with Crippen molar-refractivity contribution in [3.05, 3.63) is 27.7 Å². The van der Waals surface area contributed by atoms with Crippen LogP contribution in [-0.4, -0.2) is 45.2 Å². The third kappa shape index (κ3) is 4.57. The van der Waals surface area contributed by atoms with Crippen LogP contribution >= 0.6 is 23.2 Å². The molecule has 21 heavy (non-hydrogen) atoms. The number of aromatic carboxylic acids is 1. The van der Waals surface area contributed by atoms with Gasteiger partial charge in [0.05, 0.1) is 27.0 Å². The summed E-state index contributed by atoms with van der Waals surface area (Å²) in [4.78, 5) is 10.5. The molecule has 1 aromatic carbocycles. The molecular weight excluding hydrogens is 363 g/mol. The van der Waals surface area contributed by atoms with Crippen LogP contribution in [0.2, 0.25) is 10.0 Å². The number of carboxylic acids is 1. The van der Waals surface area contributed by atoms with E-state index in [1.54, 1.807) is 0 Å². The minimum atomic E-state index is -4.07. The molecule has 0 aliphatic carbocycles. The van der Waals surface area contributed by atoms with Gasteiger partial charge in [-0.15, -0.1) is 0 Å². The average Bonchev–Trinajstić information content (AvgIpc) is 2.38. The normalized spacial score (nSPS) is 12.3. The van der Waals surface area contributed by atoms with Crippen molar-refractivity contribution in [1.29, 1.82) is 0 Å². The topological polar surface area (TPSA) is 106 Å². The molecule has 10 heteroatoms. The SMILES string of the molecule is CCS(=O)(=O)CCS(=O)(=O)c1cc(Cl)cc(C(=O)O)c1Cl. The Morgan fingerprint density at radius 1 is 1.14 bits per heavy atom. The van der Waals surface area contributed by atoms with Crippen molar-refractivity contribution in [2.45, 2.75) is 11.8 Å². The number of carbonyl (C=O) groups is 1. The molecule has 0 aromatic heterocycles. The van der Waals surface area contributed by atoms with Gasteiger partial charge in [-0.25, -0.2) is 21.6 Å². The summed E-state index contributed by atoms with van der Waals surface area (Å²) in [6, 6.07) is 2.03. The fourth-order valence-corrected chi connectivity index (χ4v) is 5.35. The molecule has 0 spiro atoms. The van der Waals surface area contributed by atoms with E-state index in [1.165, 1.54) is 6.92 Å². The van der Waals surface area contributed by atoms with E-state index in [0.717, 1.165) is 12.1 Å². The fourth-order valence-electron chi connectivity index (χ4n) is 1.44. The molecule has 6 nitrogen and oxygen atoms in total. The minimum Gasteiger partial charge on any atom is -0.478 e. The highest BCUT2D eigenvalue weighted by atomic mass is 35.5. The molecule has 1 aromatic rings. The van der Waals surface area contributed by atoms with Gasteiger partial charge in [0.1, 0.15) is 0 Å².